The lowest BCUT2D eigenvalue weighted by Crippen LogP contribution is -2.35. The highest BCUT2D eigenvalue weighted by Gasteiger charge is 2.12. The van der Waals surface area contributed by atoms with Gasteiger partial charge in [-0.05, 0) is 25.8 Å². The molecule has 0 spiro atoms. The number of hydrogen-bond donors (Lipinski definition) is 1. The van der Waals surface area contributed by atoms with Crippen molar-refractivity contribution in [2.45, 2.75) is 31.7 Å². The van der Waals surface area contributed by atoms with E-state index in [9.17, 15) is 4.79 Å². The Labute approximate surface area is 95.9 Å². The monoisotopic (exact) mass is 241 g/mol. The molecule has 1 fully saturated rings. The van der Waals surface area contributed by atoms with Gasteiger partial charge in [0.15, 0.2) is 0 Å². The first-order valence-electron chi connectivity index (χ1n) is 4.78. The van der Waals surface area contributed by atoms with Crippen molar-refractivity contribution < 1.29 is 9.53 Å². The molecule has 0 aliphatic carbocycles. The molecule has 1 rings (SSSR count). The average Bonchev–Trinajstić information content (AvgIpc) is 2.19. The van der Waals surface area contributed by atoms with E-state index >= 15 is 0 Å². The summed E-state index contributed by atoms with van der Waals surface area (Å²) >= 11 is 5.28. The van der Waals surface area contributed by atoms with Gasteiger partial charge in [0.05, 0.1) is 6.61 Å². The lowest BCUT2D eigenvalue weighted by atomic mass is 10.0. The smallest absolute Gasteiger partial charge is 0.320 e. The summed E-state index contributed by atoms with van der Waals surface area (Å²) in [5.74, 6) is -0.365. The zero-order valence-corrected chi connectivity index (χ0v) is 9.70. The normalized spacial score (nSPS) is 21.1. The van der Waals surface area contributed by atoms with Crippen LogP contribution in [0.3, 0.4) is 0 Å². The number of rotatable bonds is 4. The van der Waals surface area contributed by atoms with Gasteiger partial charge in [0.1, 0.15) is 5.88 Å². The van der Waals surface area contributed by atoms with Gasteiger partial charge >= 0.3 is 5.97 Å². The first kappa shape index (κ1) is 14.0. The van der Waals surface area contributed by atoms with Crippen LogP contribution >= 0.6 is 24.0 Å². The Kier molecular flexibility index (Phi) is 8.34. The molecule has 1 atom stereocenters. The summed E-state index contributed by atoms with van der Waals surface area (Å²) in [6.07, 6.45) is 4.64. The summed E-state index contributed by atoms with van der Waals surface area (Å²) in [4.78, 5) is 10.7. The summed E-state index contributed by atoms with van der Waals surface area (Å²) in [7, 11) is 0. The molecule has 0 amide bonds. The van der Waals surface area contributed by atoms with Gasteiger partial charge in [0.2, 0.25) is 0 Å². The molecule has 1 unspecified atom stereocenters. The molecular weight excluding hydrogens is 225 g/mol. The fourth-order valence-electron chi connectivity index (χ4n) is 1.52. The van der Waals surface area contributed by atoms with Crippen molar-refractivity contribution in [1.29, 1.82) is 0 Å². The van der Waals surface area contributed by atoms with Crippen LogP contribution in [-0.4, -0.2) is 31.0 Å². The molecule has 5 heteroatoms. The van der Waals surface area contributed by atoms with E-state index in [1.54, 1.807) is 0 Å². The Balaban J connectivity index is 0.00000169. The Morgan fingerprint density at radius 1 is 1.50 bits per heavy atom. The standard InChI is InChI=1S/C9H16ClNO2.ClH/c10-7-9(12)13-6-4-8-3-1-2-5-11-8;/h8,11H,1-7H2;1H. The van der Waals surface area contributed by atoms with E-state index in [2.05, 4.69) is 5.32 Å². The van der Waals surface area contributed by atoms with E-state index in [0.29, 0.717) is 12.6 Å². The van der Waals surface area contributed by atoms with Gasteiger partial charge in [-0.1, -0.05) is 6.42 Å². The fourth-order valence-corrected chi connectivity index (χ4v) is 1.60. The molecule has 14 heavy (non-hydrogen) atoms. The van der Waals surface area contributed by atoms with Crippen LogP contribution in [0, 0.1) is 0 Å². The third kappa shape index (κ3) is 5.68. The second-order valence-corrected chi connectivity index (χ2v) is 3.56. The molecular formula is C9H17Cl2NO2. The van der Waals surface area contributed by atoms with Crippen LogP contribution in [0.25, 0.3) is 0 Å². The molecule has 84 valence electrons. The SMILES string of the molecule is Cl.O=C(CCl)OCCC1CCCCN1. The number of ether oxygens (including phenoxy) is 1. The van der Waals surface area contributed by atoms with Gasteiger partial charge in [-0.15, -0.1) is 24.0 Å². The summed E-state index contributed by atoms with van der Waals surface area (Å²) < 4.78 is 4.88. The van der Waals surface area contributed by atoms with Gasteiger partial charge in [-0.2, -0.15) is 0 Å². The van der Waals surface area contributed by atoms with Crippen LogP contribution < -0.4 is 5.32 Å². The summed E-state index contributed by atoms with van der Waals surface area (Å²) in [6.45, 7) is 1.58. The van der Waals surface area contributed by atoms with Crippen LogP contribution in [0.15, 0.2) is 0 Å². The maximum atomic E-state index is 10.7. The Morgan fingerprint density at radius 2 is 2.29 bits per heavy atom. The molecule has 0 aromatic heterocycles. The zero-order chi connectivity index (χ0) is 9.52. The van der Waals surface area contributed by atoms with Crippen molar-refractivity contribution in [3.63, 3.8) is 0 Å². The predicted molar refractivity (Wildman–Crippen MR) is 59.2 cm³/mol. The topological polar surface area (TPSA) is 38.3 Å². The first-order chi connectivity index (χ1) is 6.33. The van der Waals surface area contributed by atoms with Crippen LogP contribution in [0.1, 0.15) is 25.7 Å². The zero-order valence-electron chi connectivity index (χ0n) is 8.13. The molecule has 1 aliphatic rings. The summed E-state index contributed by atoms with van der Waals surface area (Å²) in [5, 5.41) is 3.39. The van der Waals surface area contributed by atoms with Crippen LogP contribution in [-0.2, 0) is 9.53 Å². The van der Waals surface area contributed by atoms with Crippen molar-refractivity contribution in [3.8, 4) is 0 Å². The molecule has 3 nitrogen and oxygen atoms in total. The van der Waals surface area contributed by atoms with Gasteiger partial charge in [0, 0.05) is 6.04 Å². The Bertz CT molecular complexity index is 161. The van der Waals surface area contributed by atoms with Gasteiger partial charge in [-0.3, -0.25) is 4.79 Å². The van der Waals surface area contributed by atoms with E-state index in [1.165, 1.54) is 19.3 Å². The van der Waals surface area contributed by atoms with Gasteiger partial charge in [0.25, 0.3) is 0 Å². The Hall–Kier alpha value is 0.01000. The highest BCUT2D eigenvalue weighted by atomic mass is 35.5. The number of alkyl halides is 1. The van der Waals surface area contributed by atoms with E-state index in [0.717, 1.165) is 13.0 Å². The molecule has 0 aromatic rings. The molecule has 1 heterocycles. The fraction of sp³-hybridized carbons (Fsp3) is 0.889. The van der Waals surface area contributed by atoms with Crippen molar-refractivity contribution in [2.75, 3.05) is 19.0 Å². The van der Waals surface area contributed by atoms with E-state index in [-0.39, 0.29) is 24.3 Å². The number of halogens is 2. The molecule has 1 saturated heterocycles. The average molecular weight is 242 g/mol. The second-order valence-electron chi connectivity index (χ2n) is 3.29. The van der Waals surface area contributed by atoms with Crippen molar-refractivity contribution >= 4 is 30.0 Å². The number of carbonyl (C=O) groups is 1. The molecule has 0 radical (unpaired) electrons. The van der Waals surface area contributed by atoms with Crippen molar-refractivity contribution in [3.05, 3.63) is 0 Å². The maximum absolute atomic E-state index is 10.7. The lowest BCUT2D eigenvalue weighted by molar-refractivity contribution is -0.140. The van der Waals surface area contributed by atoms with Crippen molar-refractivity contribution in [2.24, 2.45) is 0 Å². The minimum absolute atomic E-state index is 0. The highest BCUT2D eigenvalue weighted by molar-refractivity contribution is 6.26. The third-order valence-electron chi connectivity index (χ3n) is 2.25. The predicted octanol–water partition coefficient (Wildman–Crippen LogP) is 1.72. The highest BCUT2D eigenvalue weighted by Crippen LogP contribution is 2.09. The van der Waals surface area contributed by atoms with Crippen LogP contribution in [0.2, 0.25) is 0 Å². The summed E-state index contributed by atoms with van der Waals surface area (Å²) in [6, 6.07) is 0.525. The third-order valence-corrected chi connectivity index (χ3v) is 2.47. The van der Waals surface area contributed by atoms with Crippen LogP contribution in [0.5, 0.6) is 0 Å². The summed E-state index contributed by atoms with van der Waals surface area (Å²) in [5.41, 5.74) is 0. The van der Waals surface area contributed by atoms with E-state index in [4.69, 9.17) is 16.3 Å². The largest absolute Gasteiger partial charge is 0.465 e. The number of hydrogen-bond acceptors (Lipinski definition) is 3. The lowest BCUT2D eigenvalue weighted by Gasteiger charge is -2.22. The molecule has 0 aromatic carbocycles. The maximum Gasteiger partial charge on any atom is 0.320 e. The molecule has 0 saturated carbocycles. The van der Waals surface area contributed by atoms with E-state index in [1.807, 2.05) is 0 Å². The molecule has 1 aliphatic heterocycles. The number of piperidine rings is 1. The van der Waals surface area contributed by atoms with Gasteiger partial charge < -0.3 is 10.1 Å². The Morgan fingerprint density at radius 3 is 2.86 bits per heavy atom. The minimum atomic E-state index is -0.322. The molecule has 0 bridgehead atoms. The first-order valence-corrected chi connectivity index (χ1v) is 5.31. The number of nitrogens with one attached hydrogen (secondary N) is 1. The van der Waals surface area contributed by atoms with E-state index < -0.39 is 0 Å². The van der Waals surface area contributed by atoms with Gasteiger partial charge in [-0.25, -0.2) is 0 Å². The minimum Gasteiger partial charge on any atom is -0.465 e. The number of carbonyl (C=O) groups excluding carboxylic acids is 1. The molecule has 1 N–H and O–H groups in total. The number of esters is 1. The van der Waals surface area contributed by atoms with Crippen LogP contribution in [0.4, 0.5) is 0 Å². The second kappa shape index (κ2) is 8.33. The quantitative estimate of drug-likeness (QED) is 0.602. The van der Waals surface area contributed by atoms with Crippen molar-refractivity contribution in [1.82, 2.24) is 5.32 Å².